The first-order chi connectivity index (χ1) is 13.6. The molecule has 3 aromatic rings. The molecule has 0 aliphatic carbocycles. The molecule has 0 N–H and O–H groups in total. The van der Waals surface area contributed by atoms with E-state index < -0.39 is 10.0 Å². The van der Waals surface area contributed by atoms with E-state index in [1.165, 1.54) is 13.4 Å². The Morgan fingerprint density at radius 3 is 2.36 bits per heavy atom. The van der Waals surface area contributed by atoms with E-state index in [0.717, 1.165) is 31.2 Å². The molecule has 1 saturated heterocycles. The minimum atomic E-state index is -3.68. The van der Waals surface area contributed by atoms with Gasteiger partial charge in [0.15, 0.2) is 5.65 Å². The van der Waals surface area contributed by atoms with Crippen molar-refractivity contribution in [1.82, 2.24) is 18.5 Å². The Morgan fingerprint density at radius 1 is 0.929 bits per heavy atom. The molecule has 0 spiro atoms. The monoisotopic (exact) mass is 400 g/mol. The minimum Gasteiger partial charge on any atom is -0.249 e. The molecular weight excluding hydrogens is 376 g/mol. The number of fused-ring (bicyclic) bond motifs is 1. The number of aromatic nitrogens is 3. The van der Waals surface area contributed by atoms with Gasteiger partial charge in [0.2, 0.25) is 10.0 Å². The van der Waals surface area contributed by atoms with Gasteiger partial charge >= 0.3 is 5.69 Å². The van der Waals surface area contributed by atoms with Crippen LogP contribution in [0, 0.1) is 0 Å². The van der Waals surface area contributed by atoms with Crippen LogP contribution in [0.1, 0.15) is 31.2 Å². The van der Waals surface area contributed by atoms with Gasteiger partial charge in [-0.25, -0.2) is 22.3 Å². The predicted octanol–water partition coefficient (Wildman–Crippen LogP) is 2.30. The average molecular weight is 401 g/mol. The molecule has 28 heavy (non-hydrogen) atoms. The highest BCUT2D eigenvalue weighted by molar-refractivity contribution is 7.89. The van der Waals surface area contributed by atoms with E-state index in [4.69, 9.17) is 0 Å². The molecule has 2 aromatic heterocycles. The molecule has 3 heterocycles. The number of hydrogen-bond donors (Lipinski definition) is 0. The van der Waals surface area contributed by atoms with Crippen LogP contribution in [0.2, 0.25) is 0 Å². The molecule has 4 rings (SSSR count). The van der Waals surface area contributed by atoms with Gasteiger partial charge in [-0.15, -0.1) is 5.10 Å². The van der Waals surface area contributed by atoms with Crippen LogP contribution in [0.25, 0.3) is 5.65 Å². The molecule has 8 heteroatoms. The number of rotatable bonds is 5. The van der Waals surface area contributed by atoms with Crippen molar-refractivity contribution in [3.63, 3.8) is 0 Å². The second-order valence-electron chi connectivity index (χ2n) is 7.13. The van der Waals surface area contributed by atoms with Crippen molar-refractivity contribution in [3.8, 4) is 0 Å². The predicted molar refractivity (Wildman–Crippen MR) is 107 cm³/mol. The molecule has 0 unspecified atom stereocenters. The van der Waals surface area contributed by atoms with E-state index in [1.54, 1.807) is 18.3 Å². The highest BCUT2D eigenvalue weighted by atomic mass is 32.2. The fourth-order valence-electron chi connectivity index (χ4n) is 3.66. The molecule has 0 saturated carbocycles. The number of pyridine rings is 1. The second kappa shape index (κ2) is 7.89. The van der Waals surface area contributed by atoms with Crippen molar-refractivity contribution >= 4 is 15.7 Å². The van der Waals surface area contributed by atoms with Crippen LogP contribution in [-0.2, 0) is 23.0 Å². The van der Waals surface area contributed by atoms with Gasteiger partial charge in [0.1, 0.15) is 4.90 Å². The SMILES string of the molecule is O=c1n(CCc2ccccc2)nc2c(S(=O)(=O)N3CCCCCC3)cccn12. The Morgan fingerprint density at radius 2 is 1.64 bits per heavy atom. The Kier molecular flexibility index (Phi) is 5.32. The quantitative estimate of drug-likeness (QED) is 0.659. The molecule has 0 bridgehead atoms. The van der Waals surface area contributed by atoms with E-state index in [0.29, 0.717) is 26.1 Å². The fraction of sp³-hybridized carbons (Fsp3) is 0.400. The Bertz CT molecular complexity index is 1110. The zero-order valence-electron chi connectivity index (χ0n) is 15.7. The van der Waals surface area contributed by atoms with Crippen LogP contribution in [-0.4, -0.2) is 40.0 Å². The summed E-state index contributed by atoms with van der Waals surface area (Å²) in [5, 5.41) is 4.37. The first kappa shape index (κ1) is 18.9. The van der Waals surface area contributed by atoms with Crippen LogP contribution < -0.4 is 5.69 Å². The van der Waals surface area contributed by atoms with Gasteiger partial charge in [-0.2, -0.15) is 4.31 Å². The fourth-order valence-corrected chi connectivity index (χ4v) is 5.30. The van der Waals surface area contributed by atoms with E-state index in [-0.39, 0.29) is 16.2 Å². The number of hydrogen-bond acceptors (Lipinski definition) is 4. The van der Waals surface area contributed by atoms with Crippen LogP contribution in [0.4, 0.5) is 0 Å². The topological polar surface area (TPSA) is 76.7 Å². The third kappa shape index (κ3) is 3.62. The van der Waals surface area contributed by atoms with E-state index >= 15 is 0 Å². The molecule has 0 amide bonds. The van der Waals surface area contributed by atoms with Crippen molar-refractivity contribution in [1.29, 1.82) is 0 Å². The largest absolute Gasteiger partial charge is 0.350 e. The van der Waals surface area contributed by atoms with Gasteiger partial charge in [-0.05, 0) is 37.0 Å². The van der Waals surface area contributed by atoms with Crippen molar-refractivity contribution in [2.75, 3.05) is 13.1 Å². The minimum absolute atomic E-state index is 0.104. The van der Waals surface area contributed by atoms with Crippen LogP contribution >= 0.6 is 0 Å². The van der Waals surface area contributed by atoms with Crippen molar-refractivity contribution in [2.45, 2.75) is 43.5 Å². The third-order valence-corrected chi connectivity index (χ3v) is 7.13. The van der Waals surface area contributed by atoms with E-state index in [1.807, 2.05) is 30.3 Å². The standard InChI is InChI=1S/C20H24N4O3S/c25-20-23-15-8-11-18(28(26,27)22-13-6-1-2-7-14-22)19(23)21-24(20)16-12-17-9-4-3-5-10-17/h3-5,8-11,15H,1-2,6-7,12-14,16H2. The lowest BCUT2D eigenvalue weighted by molar-refractivity contribution is 0.424. The lowest BCUT2D eigenvalue weighted by Crippen LogP contribution is -2.32. The number of aryl methyl sites for hydroxylation is 2. The number of sulfonamides is 1. The smallest absolute Gasteiger partial charge is 0.249 e. The van der Waals surface area contributed by atoms with Crippen LogP contribution in [0.5, 0.6) is 0 Å². The summed E-state index contributed by atoms with van der Waals surface area (Å²) in [6.07, 6.45) is 6.04. The Hall–Kier alpha value is -2.45. The molecule has 0 radical (unpaired) electrons. The Balaban J connectivity index is 1.69. The molecule has 1 aliphatic rings. The van der Waals surface area contributed by atoms with Gasteiger partial charge in [0.25, 0.3) is 0 Å². The van der Waals surface area contributed by atoms with E-state index in [2.05, 4.69) is 5.10 Å². The summed E-state index contributed by atoms with van der Waals surface area (Å²) >= 11 is 0. The summed E-state index contributed by atoms with van der Waals surface area (Å²) < 4.78 is 30.6. The zero-order valence-corrected chi connectivity index (χ0v) is 16.5. The van der Waals surface area contributed by atoms with E-state index in [9.17, 15) is 13.2 Å². The van der Waals surface area contributed by atoms with Gasteiger partial charge in [-0.3, -0.25) is 0 Å². The summed E-state index contributed by atoms with van der Waals surface area (Å²) in [7, 11) is -3.68. The third-order valence-electron chi connectivity index (χ3n) is 5.21. The molecule has 1 aliphatic heterocycles. The van der Waals surface area contributed by atoms with Crippen LogP contribution in [0.15, 0.2) is 58.4 Å². The van der Waals surface area contributed by atoms with Crippen molar-refractivity contribution in [3.05, 3.63) is 64.7 Å². The molecule has 1 aromatic carbocycles. The van der Waals surface area contributed by atoms with Gasteiger partial charge in [-0.1, -0.05) is 43.2 Å². The maximum absolute atomic E-state index is 13.2. The zero-order chi connectivity index (χ0) is 19.6. The summed E-state index contributed by atoms with van der Waals surface area (Å²) in [6, 6.07) is 13.0. The van der Waals surface area contributed by atoms with Gasteiger partial charge in [0.05, 0.1) is 6.54 Å². The highest BCUT2D eigenvalue weighted by Gasteiger charge is 2.28. The normalized spacial score (nSPS) is 16.3. The highest BCUT2D eigenvalue weighted by Crippen LogP contribution is 2.22. The van der Waals surface area contributed by atoms with Crippen LogP contribution in [0.3, 0.4) is 0 Å². The maximum atomic E-state index is 13.2. The molecule has 148 valence electrons. The molecule has 1 fully saturated rings. The molecular formula is C20H24N4O3S. The lowest BCUT2D eigenvalue weighted by atomic mass is 10.2. The first-order valence-corrected chi connectivity index (χ1v) is 11.1. The summed E-state index contributed by atoms with van der Waals surface area (Å²) in [4.78, 5) is 12.8. The first-order valence-electron chi connectivity index (χ1n) is 9.70. The summed E-state index contributed by atoms with van der Waals surface area (Å²) in [5.41, 5.74) is 0.979. The lowest BCUT2D eigenvalue weighted by Gasteiger charge is -2.19. The molecule has 7 nitrogen and oxygen atoms in total. The Labute approximate surface area is 164 Å². The number of nitrogens with zero attached hydrogens (tertiary/aromatic N) is 4. The molecule has 0 atom stereocenters. The summed E-state index contributed by atoms with van der Waals surface area (Å²) in [5.74, 6) is 0. The maximum Gasteiger partial charge on any atom is 0.350 e. The summed E-state index contributed by atoms with van der Waals surface area (Å²) in [6.45, 7) is 1.43. The van der Waals surface area contributed by atoms with Crippen molar-refractivity contribution < 1.29 is 8.42 Å². The van der Waals surface area contributed by atoms with Crippen molar-refractivity contribution in [2.24, 2.45) is 0 Å². The second-order valence-corrected chi connectivity index (χ2v) is 9.03. The number of benzene rings is 1. The average Bonchev–Trinajstić information content (AvgIpc) is 2.89. The van der Waals surface area contributed by atoms with Gasteiger partial charge in [0, 0.05) is 19.3 Å². The van der Waals surface area contributed by atoms with Gasteiger partial charge < -0.3 is 0 Å².